The lowest BCUT2D eigenvalue weighted by atomic mass is 10.3. The van der Waals surface area contributed by atoms with Crippen molar-refractivity contribution in [2.45, 2.75) is 0 Å². The Bertz CT molecular complexity index is 283. The molecule has 1 N–H and O–H groups in total. The molecule has 0 spiro atoms. The molecule has 0 unspecified atom stereocenters. The van der Waals surface area contributed by atoms with Crippen LogP contribution in [-0.2, 0) is 4.74 Å². The predicted octanol–water partition coefficient (Wildman–Crippen LogP) is 0.762. The first-order chi connectivity index (χ1) is 6.24. The Hall–Kier alpha value is -1.62. The molecule has 0 atom stereocenters. The maximum absolute atomic E-state index is 10.4. The molecule has 1 aromatic heterocycles. The van der Waals surface area contributed by atoms with Gasteiger partial charge in [0.05, 0.1) is 6.20 Å². The third-order valence-electron chi connectivity index (χ3n) is 1.30. The highest BCUT2D eigenvalue weighted by Gasteiger charge is 2.03. The lowest BCUT2D eigenvalue weighted by molar-refractivity contribution is 0.0508. The van der Waals surface area contributed by atoms with Crippen LogP contribution in [0.25, 0.3) is 0 Å². The standard InChI is InChI=1S/C8H9NO4/c1-12-5-13-6-2-3-7(8(10)11)9-4-6/h2-4H,5H2,1H3,(H,10,11). The van der Waals surface area contributed by atoms with E-state index in [1.807, 2.05) is 0 Å². The number of carboxylic acid groups (broad SMARTS) is 1. The van der Waals surface area contributed by atoms with Crippen molar-refractivity contribution in [2.75, 3.05) is 13.9 Å². The van der Waals surface area contributed by atoms with Gasteiger partial charge < -0.3 is 14.6 Å². The second-order valence-corrected chi connectivity index (χ2v) is 2.24. The minimum atomic E-state index is -1.06. The summed E-state index contributed by atoms with van der Waals surface area (Å²) in [6, 6.07) is 2.89. The lowest BCUT2D eigenvalue weighted by Crippen LogP contribution is -2.02. The summed E-state index contributed by atoms with van der Waals surface area (Å²) in [7, 11) is 1.50. The zero-order valence-corrected chi connectivity index (χ0v) is 7.06. The summed E-state index contributed by atoms with van der Waals surface area (Å²) < 4.78 is 9.67. The fraction of sp³-hybridized carbons (Fsp3) is 0.250. The quantitative estimate of drug-likeness (QED) is 0.698. The molecule has 0 aliphatic rings. The monoisotopic (exact) mass is 183 g/mol. The van der Waals surface area contributed by atoms with Gasteiger partial charge in [-0.15, -0.1) is 0 Å². The zero-order valence-electron chi connectivity index (χ0n) is 7.06. The van der Waals surface area contributed by atoms with Crippen LogP contribution >= 0.6 is 0 Å². The highest BCUT2D eigenvalue weighted by molar-refractivity contribution is 5.85. The van der Waals surface area contributed by atoms with Crippen LogP contribution in [0, 0.1) is 0 Å². The number of aromatic nitrogens is 1. The van der Waals surface area contributed by atoms with Crippen LogP contribution in [0.15, 0.2) is 18.3 Å². The van der Waals surface area contributed by atoms with Gasteiger partial charge in [0.25, 0.3) is 0 Å². The van der Waals surface area contributed by atoms with Crippen molar-refractivity contribution in [3.8, 4) is 5.75 Å². The molecular formula is C8H9NO4. The second kappa shape index (κ2) is 4.42. The number of aromatic carboxylic acids is 1. The van der Waals surface area contributed by atoms with E-state index in [4.69, 9.17) is 9.84 Å². The summed E-state index contributed by atoms with van der Waals surface area (Å²) in [5.41, 5.74) is -0.00948. The van der Waals surface area contributed by atoms with Gasteiger partial charge in [-0.25, -0.2) is 9.78 Å². The summed E-state index contributed by atoms with van der Waals surface area (Å²) in [5.74, 6) is -0.579. The first-order valence-corrected chi connectivity index (χ1v) is 3.55. The molecule has 5 nitrogen and oxygen atoms in total. The van der Waals surface area contributed by atoms with E-state index in [1.54, 1.807) is 0 Å². The van der Waals surface area contributed by atoms with Crippen LogP contribution in [0.3, 0.4) is 0 Å². The van der Waals surface area contributed by atoms with E-state index in [-0.39, 0.29) is 12.5 Å². The number of ether oxygens (including phenoxy) is 2. The third kappa shape index (κ3) is 2.72. The lowest BCUT2D eigenvalue weighted by Gasteiger charge is -2.03. The van der Waals surface area contributed by atoms with E-state index in [9.17, 15) is 4.79 Å². The van der Waals surface area contributed by atoms with Crippen molar-refractivity contribution >= 4 is 5.97 Å². The average Bonchev–Trinajstić information content (AvgIpc) is 2.15. The second-order valence-electron chi connectivity index (χ2n) is 2.24. The van der Waals surface area contributed by atoms with Gasteiger partial charge in [0, 0.05) is 7.11 Å². The SMILES string of the molecule is COCOc1ccc(C(=O)O)nc1. The molecule has 5 heteroatoms. The van der Waals surface area contributed by atoms with Gasteiger partial charge in [-0.05, 0) is 12.1 Å². The van der Waals surface area contributed by atoms with Crippen LogP contribution in [0.1, 0.15) is 10.5 Å². The smallest absolute Gasteiger partial charge is 0.354 e. The first kappa shape index (κ1) is 9.47. The summed E-state index contributed by atoms with van der Waals surface area (Å²) in [6.07, 6.45) is 1.34. The minimum Gasteiger partial charge on any atom is -0.477 e. The molecule has 0 aromatic carbocycles. The Balaban J connectivity index is 2.64. The molecule has 1 aromatic rings. The van der Waals surface area contributed by atoms with E-state index in [2.05, 4.69) is 9.72 Å². The summed E-state index contributed by atoms with van der Waals surface area (Å²) in [5, 5.41) is 8.52. The van der Waals surface area contributed by atoms with Crippen LogP contribution in [0.2, 0.25) is 0 Å². The Kier molecular flexibility index (Phi) is 3.22. The molecule has 0 bridgehead atoms. The van der Waals surface area contributed by atoms with Crippen LogP contribution < -0.4 is 4.74 Å². The van der Waals surface area contributed by atoms with Crippen LogP contribution in [-0.4, -0.2) is 30.0 Å². The number of nitrogens with zero attached hydrogens (tertiary/aromatic N) is 1. The summed E-state index contributed by atoms with van der Waals surface area (Å²) >= 11 is 0. The van der Waals surface area contributed by atoms with E-state index in [1.165, 1.54) is 25.4 Å². The Morgan fingerprint density at radius 2 is 2.38 bits per heavy atom. The number of hydrogen-bond acceptors (Lipinski definition) is 4. The van der Waals surface area contributed by atoms with Gasteiger partial charge in [0.1, 0.15) is 11.4 Å². The van der Waals surface area contributed by atoms with Gasteiger partial charge in [0.2, 0.25) is 0 Å². The van der Waals surface area contributed by atoms with Crippen molar-refractivity contribution < 1.29 is 19.4 Å². The molecular weight excluding hydrogens is 174 g/mol. The molecule has 1 heterocycles. The fourth-order valence-corrected chi connectivity index (χ4v) is 0.719. The van der Waals surface area contributed by atoms with Crippen LogP contribution in [0.5, 0.6) is 5.75 Å². The Morgan fingerprint density at radius 3 is 2.85 bits per heavy atom. The molecule has 0 saturated heterocycles. The van der Waals surface area contributed by atoms with Crippen LogP contribution in [0.4, 0.5) is 0 Å². The fourth-order valence-electron chi connectivity index (χ4n) is 0.719. The number of hydrogen-bond donors (Lipinski definition) is 1. The van der Waals surface area contributed by atoms with Gasteiger partial charge >= 0.3 is 5.97 Å². The molecule has 0 aliphatic carbocycles. The van der Waals surface area contributed by atoms with E-state index in [0.717, 1.165) is 0 Å². The summed E-state index contributed by atoms with van der Waals surface area (Å²) in [4.78, 5) is 14.0. The predicted molar refractivity (Wildman–Crippen MR) is 43.7 cm³/mol. The molecule has 1 rings (SSSR count). The zero-order chi connectivity index (χ0) is 9.68. The van der Waals surface area contributed by atoms with Gasteiger partial charge in [-0.2, -0.15) is 0 Å². The van der Waals surface area contributed by atoms with Crippen molar-refractivity contribution in [1.82, 2.24) is 4.98 Å². The molecule has 0 aliphatic heterocycles. The molecule has 0 saturated carbocycles. The normalized spacial score (nSPS) is 9.62. The van der Waals surface area contributed by atoms with E-state index in [0.29, 0.717) is 5.75 Å². The first-order valence-electron chi connectivity index (χ1n) is 3.55. The van der Waals surface area contributed by atoms with Crippen molar-refractivity contribution in [2.24, 2.45) is 0 Å². The molecule has 0 radical (unpaired) electrons. The largest absolute Gasteiger partial charge is 0.477 e. The Morgan fingerprint density at radius 1 is 1.62 bits per heavy atom. The minimum absolute atomic E-state index is 0.00948. The van der Waals surface area contributed by atoms with Crippen molar-refractivity contribution in [1.29, 1.82) is 0 Å². The maximum atomic E-state index is 10.4. The van der Waals surface area contributed by atoms with E-state index >= 15 is 0 Å². The Labute approximate surface area is 74.9 Å². The number of carbonyl (C=O) groups is 1. The van der Waals surface area contributed by atoms with Crippen molar-refractivity contribution in [3.05, 3.63) is 24.0 Å². The number of pyridine rings is 1. The maximum Gasteiger partial charge on any atom is 0.354 e. The topological polar surface area (TPSA) is 68.7 Å². The van der Waals surface area contributed by atoms with Gasteiger partial charge in [-0.3, -0.25) is 0 Å². The molecule has 13 heavy (non-hydrogen) atoms. The van der Waals surface area contributed by atoms with Gasteiger partial charge in [0.15, 0.2) is 6.79 Å². The summed E-state index contributed by atoms with van der Waals surface area (Å²) in [6.45, 7) is 0.119. The number of carboxylic acids is 1. The number of rotatable bonds is 4. The van der Waals surface area contributed by atoms with E-state index < -0.39 is 5.97 Å². The third-order valence-corrected chi connectivity index (χ3v) is 1.30. The average molecular weight is 183 g/mol. The highest BCUT2D eigenvalue weighted by Crippen LogP contribution is 2.08. The molecule has 0 amide bonds. The number of methoxy groups -OCH3 is 1. The highest BCUT2D eigenvalue weighted by atomic mass is 16.7. The van der Waals surface area contributed by atoms with Gasteiger partial charge in [-0.1, -0.05) is 0 Å². The van der Waals surface area contributed by atoms with Crippen molar-refractivity contribution in [3.63, 3.8) is 0 Å². The molecule has 0 fully saturated rings. The molecule has 70 valence electrons.